The maximum Gasteiger partial charge on any atom is 0.226 e. The van der Waals surface area contributed by atoms with Crippen molar-refractivity contribution in [3.8, 4) is 5.75 Å². The Kier molecular flexibility index (Phi) is 6.37. The van der Waals surface area contributed by atoms with E-state index in [0.29, 0.717) is 35.2 Å². The first-order valence-corrected chi connectivity index (χ1v) is 8.11. The topological polar surface area (TPSA) is 76.1 Å². The first-order valence-electron chi connectivity index (χ1n) is 7.73. The number of amides is 1. The van der Waals surface area contributed by atoms with Crippen LogP contribution < -0.4 is 15.4 Å². The molecule has 2 N–H and O–H groups in total. The van der Waals surface area contributed by atoms with Crippen LogP contribution in [0.25, 0.3) is 0 Å². The third-order valence-electron chi connectivity index (χ3n) is 3.35. The average molecular weight is 349 g/mol. The van der Waals surface area contributed by atoms with Crippen LogP contribution in [0.15, 0.2) is 24.3 Å². The van der Waals surface area contributed by atoms with Gasteiger partial charge in [-0.15, -0.1) is 0 Å². The normalized spacial score (nSPS) is 10.3. The molecular formula is C17H21ClN4O2. The molecule has 0 bridgehead atoms. The summed E-state index contributed by atoms with van der Waals surface area (Å²) in [7, 11) is 1.54. The summed E-state index contributed by atoms with van der Waals surface area (Å²) >= 11 is 5.95. The number of hydrogen-bond acceptors (Lipinski definition) is 5. The van der Waals surface area contributed by atoms with Gasteiger partial charge in [-0.1, -0.05) is 18.5 Å². The van der Waals surface area contributed by atoms with Gasteiger partial charge in [-0.2, -0.15) is 0 Å². The van der Waals surface area contributed by atoms with Crippen LogP contribution in [0.2, 0.25) is 5.02 Å². The highest BCUT2D eigenvalue weighted by atomic mass is 35.5. The molecule has 2 aromatic rings. The predicted molar refractivity (Wildman–Crippen MR) is 95.9 cm³/mol. The van der Waals surface area contributed by atoms with Crippen molar-refractivity contribution in [2.75, 3.05) is 24.3 Å². The Bertz CT molecular complexity index is 722. The molecule has 1 heterocycles. The Labute approximate surface area is 146 Å². The van der Waals surface area contributed by atoms with Gasteiger partial charge < -0.3 is 15.4 Å². The molecule has 0 saturated carbocycles. The van der Waals surface area contributed by atoms with Crippen molar-refractivity contribution in [1.82, 2.24) is 9.97 Å². The smallest absolute Gasteiger partial charge is 0.226 e. The molecule has 0 saturated heterocycles. The Balaban J connectivity index is 1.90. The quantitative estimate of drug-likeness (QED) is 0.801. The summed E-state index contributed by atoms with van der Waals surface area (Å²) in [5.74, 6) is 1.88. The third-order valence-corrected chi connectivity index (χ3v) is 3.58. The second-order valence-electron chi connectivity index (χ2n) is 5.21. The lowest BCUT2D eigenvalue weighted by Crippen LogP contribution is -2.17. The van der Waals surface area contributed by atoms with Crippen molar-refractivity contribution in [2.24, 2.45) is 0 Å². The molecule has 128 valence electrons. The van der Waals surface area contributed by atoms with E-state index in [4.69, 9.17) is 16.3 Å². The fraction of sp³-hybridized carbons (Fsp3) is 0.353. The Morgan fingerprint density at radius 3 is 2.79 bits per heavy atom. The number of halogens is 1. The number of methoxy groups -OCH3 is 1. The molecule has 0 atom stereocenters. The predicted octanol–water partition coefficient (Wildman–Crippen LogP) is 3.45. The average Bonchev–Trinajstić information content (AvgIpc) is 2.54. The van der Waals surface area contributed by atoms with Gasteiger partial charge in [0, 0.05) is 29.7 Å². The monoisotopic (exact) mass is 348 g/mol. The van der Waals surface area contributed by atoms with E-state index in [-0.39, 0.29) is 5.91 Å². The molecule has 0 aliphatic carbocycles. The summed E-state index contributed by atoms with van der Waals surface area (Å²) < 4.78 is 5.21. The summed E-state index contributed by atoms with van der Waals surface area (Å²) in [6.45, 7) is 4.36. The number of hydrogen-bond donors (Lipinski definition) is 2. The van der Waals surface area contributed by atoms with Gasteiger partial charge in [-0.3, -0.25) is 4.79 Å². The van der Waals surface area contributed by atoms with E-state index in [0.717, 1.165) is 17.9 Å². The first-order chi connectivity index (χ1) is 11.5. The summed E-state index contributed by atoms with van der Waals surface area (Å²) in [6, 6.07) is 6.98. The highest BCUT2D eigenvalue weighted by Crippen LogP contribution is 2.27. The summed E-state index contributed by atoms with van der Waals surface area (Å²) in [6.07, 6.45) is 1.13. The van der Waals surface area contributed by atoms with Crippen LogP contribution in [0, 0.1) is 6.92 Å². The molecular weight excluding hydrogens is 328 g/mol. The van der Waals surface area contributed by atoms with E-state index in [1.807, 2.05) is 19.9 Å². The second-order valence-corrected chi connectivity index (χ2v) is 5.65. The zero-order chi connectivity index (χ0) is 17.5. The van der Waals surface area contributed by atoms with Crippen LogP contribution in [0.3, 0.4) is 0 Å². The Morgan fingerprint density at radius 2 is 2.08 bits per heavy atom. The highest BCUT2D eigenvalue weighted by Gasteiger charge is 2.08. The lowest BCUT2D eigenvalue weighted by molar-refractivity contribution is -0.116. The van der Waals surface area contributed by atoms with Crippen molar-refractivity contribution in [1.29, 1.82) is 0 Å². The van der Waals surface area contributed by atoms with Gasteiger partial charge in [0.15, 0.2) is 0 Å². The van der Waals surface area contributed by atoms with Gasteiger partial charge in [0.05, 0.1) is 12.8 Å². The highest BCUT2D eigenvalue weighted by molar-refractivity contribution is 6.31. The van der Waals surface area contributed by atoms with Crippen molar-refractivity contribution < 1.29 is 9.53 Å². The van der Waals surface area contributed by atoms with E-state index in [1.165, 1.54) is 0 Å². The zero-order valence-corrected chi connectivity index (χ0v) is 14.8. The summed E-state index contributed by atoms with van der Waals surface area (Å²) in [5.41, 5.74) is 1.53. The lowest BCUT2D eigenvalue weighted by Gasteiger charge is -2.11. The van der Waals surface area contributed by atoms with Gasteiger partial charge in [-0.25, -0.2) is 9.97 Å². The minimum Gasteiger partial charge on any atom is -0.495 e. The Hall–Kier alpha value is -2.34. The van der Waals surface area contributed by atoms with Crippen molar-refractivity contribution >= 4 is 29.0 Å². The Morgan fingerprint density at radius 1 is 1.29 bits per heavy atom. The number of nitrogens with one attached hydrogen (secondary N) is 2. The second kappa shape index (κ2) is 8.49. The molecule has 7 heteroatoms. The fourth-order valence-electron chi connectivity index (χ4n) is 2.20. The standard InChI is InChI=1S/C17H21ClN4O2/c1-4-13-10-16(21-11(2)20-13)19-8-7-17(23)22-14-9-12(18)5-6-15(14)24-3/h5-6,9-10H,4,7-8H2,1-3H3,(H,22,23)(H,19,20,21). The van der Waals surface area contributed by atoms with Gasteiger partial charge in [0.25, 0.3) is 0 Å². The number of nitrogens with zero attached hydrogens (tertiary/aromatic N) is 2. The molecule has 0 aliphatic heterocycles. The van der Waals surface area contributed by atoms with Crippen LogP contribution in [0.5, 0.6) is 5.75 Å². The van der Waals surface area contributed by atoms with Gasteiger partial charge in [-0.05, 0) is 31.5 Å². The molecule has 1 aromatic heterocycles. The largest absolute Gasteiger partial charge is 0.495 e. The maximum atomic E-state index is 12.1. The molecule has 24 heavy (non-hydrogen) atoms. The van der Waals surface area contributed by atoms with Crippen molar-refractivity contribution in [3.63, 3.8) is 0 Å². The number of anilines is 2. The SMILES string of the molecule is CCc1cc(NCCC(=O)Nc2cc(Cl)ccc2OC)nc(C)n1. The van der Waals surface area contributed by atoms with Crippen LogP contribution in [-0.2, 0) is 11.2 Å². The number of aromatic nitrogens is 2. The molecule has 0 aliphatic rings. The van der Waals surface area contributed by atoms with E-state index in [9.17, 15) is 4.79 Å². The van der Waals surface area contributed by atoms with E-state index < -0.39 is 0 Å². The van der Waals surface area contributed by atoms with Crippen LogP contribution >= 0.6 is 11.6 Å². The van der Waals surface area contributed by atoms with Crippen molar-refractivity contribution in [2.45, 2.75) is 26.7 Å². The minimum atomic E-state index is -0.135. The molecule has 1 aromatic carbocycles. The van der Waals surface area contributed by atoms with Crippen molar-refractivity contribution in [3.05, 3.63) is 40.8 Å². The van der Waals surface area contributed by atoms with E-state index >= 15 is 0 Å². The first kappa shape index (κ1) is 18.0. The van der Waals surface area contributed by atoms with Crippen LogP contribution in [0.4, 0.5) is 11.5 Å². The molecule has 1 amide bonds. The molecule has 0 unspecified atom stereocenters. The van der Waals surface area contributed by atoms with Crippen LogP contribution in [-0.4, -0.2) is 29.5 Å². The molecule has 2 rings (SSSR count). The summed E-state index contributed by atoms with van der Waals surface area (Å²) in [5, 5.41) is 6.48. The number of carbonyl (C=O) groups excluding carboxylic acids is 1. The zero-order valence-electron chi connectivity index (χ0n) is 14.0. The molecule has 0 spiro atoms. The van der Waals surface area contributed by atoms with E-state index in [1.54, 1.807) is 25.3 Å². The van der Waals surface area contributed by atoms with Gasteiger partial charge in [0.1, 0.15) is 17.4 Å². The molecule has 0 fully saturated rings. The van der Waals surface area contributed by atoms with Gasteiger partial charge >= 0.3 is 0 Å². The fourth-order valence-corrected chi connectivity index (χ4v) is 2.37. The lowest BCUT2D eigenvalue weighted by atomic mass is 10.2. The van der Waals surface area contributed by atoms with Crippen LogP contribution in [0.1, 0.15) is 24.9 Å². The number of rotatable bonds is 7. The molecule has 0 radical (unpaired) electrons. The third kappa shape index (κ3) is 5.09. The molecule has 6 nitrogen and oxygen atoms in total. The summed E-state index contributed by atoms with van der Waals surface area (Å²) in [4.78, 5) is 20.7. The number of benzene rings is 1. The number of aryl methyl sites for hydroxylation is 2. The van der Waals surface area contributed by atoms with Gasteiger partial charge in [0.2, 0.25) is 5.91 Å². The maximum absolute atomic E-state index is 12.1. The minimum absolute atomic E-state index is 0.135. The van der Waals surface area contributed by atoms with E-state index in [2.05, 4.69) is 20.6 Å². The number of carbonyl (C=O) groups is 1. The number of ether oxygens (including phenoxy) is 1.